The van der Waals surface area contributed by atoms with Crippen LogP contribution in [0.1, 0.15) is 18.1 Å². The summed E-state index contributed by atoms with van der Waals surface area (Å²) in [5.74, 6) is 1.97. The first-order valence-electron chi connectivity index (χ1n) is 8.07. The minimum Gasteiger partial charge on any atom is -0.490 e. The topological polar surface area (TPSA) is 72.1 Å². The number of halogens is 2. The maximum absolute atomic E-state index is 5.99. The Morgan fingerprint density at radius 2 is 1.96 bits per heavy atom. The van der Waals surface area contributed by atoms with E-state index in [2.05, 4.69) is 36.4 Å². The Morgan fingerprint density at radius 1 is 1.15 bits per heavy atom. The number of nitrogens with one attached hydrogen (secondary N) is 2. The fraction of sp³-hybridized carbons (Fsp3) is 0.222. The highest BCUT2D eigenvalue weighted by atomic mass is 79.9. The summed E-state index contributed by atoms with van der Waals surface area (Å²) in [6.45, 7) is 3.48. The van der Waals surface area contributed by atoms with Gasteiger partial charge in [-0.3, -0.25) is 0 Å². The molecule has 0 radical (unpaired) electrons. The first-order chi connectivity index (χ1) is 12.7. The number of ether oxygens (including phenoxy) is 2. The van der Waals surface area contributed by atoms with E-state index in [0.29, 0.717) is 42.2 Å². The molecule has 0 fully saturated rings. The number of nitrogens with zero attached hydrogens (tertiary/aromatic N) is 2. The SMILES string of the molecule is CCOc1cc(CNc2ncn[nH]2)cc(Br)c1OCc1ccc(Cl)cc1. The maximum atomic E-state index is 5.99. The third-order valence-electron chi connectivity index (χ3n) is 3.54. The van der Waals surface area contributed by atoms with Crippen LogP contribution in [0.4, 0.5) is 5.95 Å². The van der Waals surface area contributed by atoms with E-state index in [1.165, 1.54) is 6.33 Å². The van der Waals surface area contributed by atoms with Gasteiger partial charge in [0, 0.05) is 11.6 Å². The van der Waals surface area contributed by atoms with E-state index < -0.39 is 0 Å². The largest absolute Gasteiger partial charge is 0.490 e. The molecule has 6 nitrogen and oxygen atoms in total. The Bertz CT molecular complexity index is 841. The van der Waals surface area contributed by atoms with E-state index in [0.717, 1.165) is 15.6 Å². The second kappa shape index (κ2) is 8.91. The summed E-state index contributed by atoms with van der Waals surface area (Å²) in [5.41, 5.74) is 2.05. The summed E-state index contributed by atoms with van der Waals surface area (Å²) >= 11 is 9.50. The molecule has 0 spiro atoms. The van der Waals surface area contributed by atoms with Crippen LogP contribution in [0.3, 0.4) is 0 Å². The van der Waals surface area contributed by atoms with Crippen LogP contribution in [0.15, 0.2) is 47.2 Å². The van der Waals surface area contributed by atoms with Crippen LogP contribution < -0.4 is 14.8 Å². The summed E-state index contributed by atoms with van der Waals surface area (Å²) in [5, 5.41) is 10.4. The number of benzene rings is 2. The predicted octanol–water partition coefficient (Wildman–Crippen LogP) is 4.81. The van der Waals surface area contributed by atoms with Crippen LogP contribution in [-0.2, 0) is 13.2 Å². The van der Waals surface area contributed by atoms with E-state index >= 15 is 0 Å². The summed E-state index contributed by atoms with van der Waals surface area (Å²) in [4.78, 5) is 4.04. The highest BCUT2D eigenvalue weighted by Gasteiger charge is 2.13. The molecule has 3 aromatic rings. The van der Waals surface area contributed by atoms with Gasteiger partial charge in [0.25, 0.3) is 0 Å². The third-order valence-corrected chi connectivity index (χ3v) is 4.38. The van der Waals surface area contributed by atoms with Gasteiger partial charge in [-0.05, 0) is 58.2 Å². The molecule has 0 aliphatic rings. The van der Waals surface area contributed by atoms with Gasteiger partial charge >= 0.3 is 0 Å². The molecule has 136 valence electrons. The van der Waals surface area contributed by atoms with Gasteiger partial charge in [-0.2, -0.15) is 5.10 Å². The monoisotopic (exact) mass is 436 g/mol. The summed E-state index contributed by atoms with van der Waals surface area (Å²) < 4.78 is 12.6. The van der Waals surface area contributed by atoms with Gasteiger partial charge in [0.15, 0.2) is 11.5 Å². The number of anilines is 1. The van der Waals surface area contributed by atoms with Crippen LogP contribution in [0.2, 0.25) is 5.02 Å². The van der Waals surface area contributed by atoms with E-state index in [4.69, 9.17) is 21.1 Å². The van der Waals surface area contributed by atoms with Crippen molar-refractivity contribution in [3.05, 3.63) is 63.3 Å². The van der Waals surface area contributed by atoms with Crippen molar-refractivity contribution in [3.63, 3.8) is 0 Å². The normalized spacial score (nSPS) is 10.6. The third kappa shape index (κ3) is 4.89. The van der Waals surface area contributed by atoms with Crippen molar-refractivity contribution in [2.45, 2.75) is 20.1 Å². The molecule has 0 bridgehead atoms. The standard InChI is InChI=1S/C18H18BrClN4O2/c1-2-25-16-8-13(9-21-18-22-11-23-24-18)7-15(19)17(16)26-10-12-3-5-14(20)6-4-12/h3-8,11H,2,9-10H2,1H3,(H2,21,22,23,24). The smallest absolute Gasteiger partial charge is 0.218 e. The second-order valence-corrected chi connectivity index (χ2v) is 6.73. The maximum Gasteiger partial charge on any atom is 0.218 e. The van der Waals surface area contributed by atoms with Gasteiger partial charge in [0.05, 0.1) is 11.1 Å². The minimum atomic E-state index is 0.422. The molecule has 2 N–H and O–H groups in total. The molecule has 1 heterocycles. The molecule has 0 saturated carbocycles. The quantitative estimate of drug-likeness (QED) is 0.529. The Labute approximate surface area is 165 Å². The Morgan fingerprint density at radius 3 is 2.65 bits per heavy atom. The molecule has 0 aliphatic heterocycles. The van der Waals surface area contributed by atoms with E-state index in [1.54, 1.807) is 0 Å². The zero-order valence-electron chi connectivity index (χ0n) is 14.1. The number of rotatable bonds is 8. The van der Waals surface area contributed by atoms with Crippen LogP contribution in [-0.4, -0.2) is 21.8 Å². The number of hydrogen-bond donors (Lipinski definition) is 2. The second-order valence-electron chi connectivity index (χ2n) is 5.44. The lowest BCUT2D eigenvalue weighted by molar-refractivity contribution is 0.267. The zero-order valence-corrected chi connectivity index (χ0v) is 16.5. The summed E-state index contributed by atoms with van der Waals surface area (Å²) in [6.07, 6.45) is 1.46. The zero-order chi connectivity index (χ0) is 18.4. The van der Waals surface area contributed by atoms with Gasteiger partial charge < -0.3 is 14.8 Å². The van der Waals surface area contributed by atoms with E-state index in [1.807, 2.05) is 43.3 Å². The Kier molecular flexibility index (Phi) is 6.35. The van der Waals surface area contributed by atoms with Crippen molar-refractivity contribution in [1.29, 1.82) is 0 Å². The lowest BCUT2D eigenvalue weighted by atomic mass is 10.2. The van der Waals surface area contributed by atoms with Crippen molar-refractivity contribution in [3.8, 4) is 11.5 Å². The van der Waals surface area contributed by atoms with Crippen molar-refractivity contribution in [2.75, 3.05) is 11.9 Å². The van der Waals surface area contributed by atoms with Crippen LogP contribution >= 0.6 is 27.5 Å². The molecular formula is C18H18BrClN4O2. The molecular weight excluding hydrogens is 420 g/mol. The highest BCUT2D eigenvalue weighted by Crippen LogP contribution is 2.37. The molecule has 8 heteroatoms. The number of H-pyrrole nitrogens is 1. The fourth-order valence-corrected chi connectivity index (χ4v) is 3.07. The fourth-order valence-electron chi connectivity index (χ4n) is 2.34. The highest BCUT2D eigenvalue weighted by molar-refractivity contribution is 9.10. The lowest BCUT2D eigenvalue weighted by Gasteiger charge is -2.16. The van der Waals surface area contributed by atoms with Gasteiger partial charge in [-0.1, -0.05) is 23.7 Å². The van der Waals surface area contributed by atoms with Gasteiger partial charge in [-0.25, -0.2) is 10.1 Å². The molecule has 0 aliphatic carbocycles. The summed E-state index contributed by atoms with van der Waals surface area (Å²) in [7, 11) is 0. The van der Waals surface area contributed by atoms with Crippen molar-refractivity contribution in [1.82, 2.24) is 15.2 Å². The van der Waals surface area contributed by atoms with Crippen molar-refractivity contribution >= 4 is 33.5 Å². The predicted molar refractivity (Wildman–Crippen MR) is 105 cm³/mol. The lowest BCUT2D eigenvalue weighted by Crippen LogP contribution is -2.04. The Hall–Kier alpha value is -2.25. The molecule has 0 saturated heterocycles. The van der Waals surface area contributed by atoms with Gasteiger partial charge in [-0.15, -0.1) is 0 Å². The molecule has 0 amide bonds. The number of aromatic nitrogens is 3. The van der Waals surface area contributed by atoms with Crippen molar-refractivity contribution < 1.29 is 9.47 Å². The van der Waals surface area contributed by atoms with Crippen LogP contribution in [0.25, 0.3) is 0 Å². The number of aromatic amines is 1. The van der Waals surface area contributed by atoms with E-state index in [9.17, 15) is 0 Å². The first kappa shape index (κ1) is 18.5. The minimum absolute atomic E-state index is 0.422. The van der Waals surface area contributed by atoms with Crippen molar-refractivity contribution in [2.24, 2.45) is 0 Å². The van der Waals surface area contributed by atoms with Gasteiger partial charge in [0.2, 0.25) is 5.95 Å². The van der Waals surface area contributed by atoms with Crippen LogP contribution in [0.5, 0.6) is 11.5 Å². The average Bonchev–Trinajstić information content (AvgIpc) is 3.14. The molecule has 2 aromatic carbocycles. The average molecular weight is 438 g/mol. The van der Waals surface area contributed by atoms with Gasteiger partial charge in [0.1, 0.15) is 12.9 Å². The molecule has 0 atom stereocenters. The molecule has 1 aromatic heterocycles. The van der Waals surface area contributed by atoms with E-state index in [-0.39, 0.29) is 0 Å². The first-order valence-corrected chi connectivity index (χ1v) is 9.24. The molecule has 0 unspecified atom stereocenters. The number of hydrogen-bond acceptors (Lipinski definition) is 5. The Balaban J connectivity index is 1.74. The van der Waals surface area contributed by atoms with Crippen LogP contribution in [0, 0.1) is 0 Å². The summed E-state index contributed by atoms with van der Waals surface area (Å²) in [6, 6.07) is 11.5. The molecule has 3 rings (SSSR count). The molecule has 26 heavy (non-hydrogen) atoms.